The number of benzene rings is 10. The highest BCUT2D eigenvalue weighted by atomic mass is 15.0. The summed E-state index contributed by atoms with van der Waals surface area (Å²) >= 11 is 0. The molecular weight excluding hydrogens is 701 g/mol. The van der Waals surface area contributed by atoms with Gasteiger partial charge in [0.25, 0.3) is 0 Å². The van der Waals surface area contributed by atoms with Crippen LogP contribution in [0.4, 0.5) is 0 Å². The second-order valence-electron chi connectivity index (χ2n) is 15.7. The summed E-state index contributed by atoms with van der Waals surface area (Å²) in [5.41, 5.74) is 17.4. The molecule has 2 heterocycles. The zero-order valence-electron chi connectivity index (χ0n) is 31.5. The fraction of sp³-hybridized carbons (Fsp3) is 0. The summed E-state index contributed by atoms with van der Waals surface area (Å²) in [4.78, 5) is 0. The van der Waals surface area contributed by atoms with Crippen LogP contribution in [0.2, 0.25) is 0 Å². The van der Waals surface area contributed by atoms with Gasteiger partial charge in [-0.25, -0.2) is 0 Å². The van der Waals surface area contributed by atoms with Gasteiger partial charge in [-0.3, -0.25) is 0 Å². The molecule has 0 radical (unpaired) electrons. The molecule has 12 aromatic rings. The van der Waals surface area contributed by atoms with Crippen molar-refractivity contribution in [1.29, 1.82) is 0 Å². The molecule has 13 rings (SSSR count). The summed E-state index contributed by atoms with van der Waals surface area (Å²) in [6.45, 7) is 0. The van der Waals surface area contributed by atoms with Gasteiger partial charge in [-0.1, -0.05) is 133 Å². The predicted octanol–water partition coefficient (Wildman–Crippen LogP) is 15.2. The van der Waals surface area contributed by atoms with Gasteiger partial charge in [-0.2, -0.15) is 0 Å². The van der Waals surface area contributed by atoms with E-state index in [0.717, 1.165) is 5.69 Å². The number of fused-ring (bicyclic) bond motifs is 11. The maximum atomic E-state index is 2.45. The molecule has 2 heteroatoms. The van der Waals surface area contributed by atoms with Crippen LogP contribution in [0.3, 0.4) is 0 Å². The standard InChI is InChI=1S/C56H34N2/c1-2-13-41(14-3-1)57-51-20-9-8-18-46(51)48-32-37(24-28-52(48)57)38-25-29-53-50(33-38)56-43-15-5-4-11-36(43)23-30-54(56)58(53)42-26-21-35(22-27-42)40-31-39-12-10-19-47-44-16-6-7-17-45(44)49(34-40)55(39)47/h1-34H. The summed E-state index contributed by atoms with van der Waals surface area (Å²) in [5, 5.41) is 10.2. The number of rotatable bonds is 4. The van der Waals surface area contributed by atoms with E-state index < -0.39 is 0 Å². The Bertz CT molecular complexity index is 3660. The highest BCUT2D eigenvalue weighted by Gasteiger charge is 2.22. The van der Waals surface area contributed by atoms with Gasteiger partial charge < -0.3 is 9.13 Å². The van der Waals surface area contributed by atoms with Crippen LogP contribution in [0, 0.1) is 0 Å². The molecule has 0 bridgehead atoms. The van der Waals surface area contributed by atoms with Gasteiger partial charge in [-0.15, -0.1) is 0 Å². The van der Waals surface area contributed by atoms with Crippen LogP contribution in [0.25, 0.3) is 121 Å². The van der Waals surface area contributed by atoms with E-state index in [1.807, 2.05) is 0 Å². The van der Waals surface area contributed by atoms with Crippen molar-refractivity contribution in [2.45, 2.75) is 0 Å². The number of nitrogens with zero attached hydrogens (tertiary/aromatic N) is 2. The number of aromatic nitrogens is 2. The lowest BCUT2D eigenvalue weighted by molar-refractivity contribution is 1.18. The fourth-order valence-corrected chi connectivity index (χ4v) is 10.0. The van der Waals surface area contributed by atoms with E-state index in [2.05, 4.69) is 215 Å². The lowest BCUT2D eigenvalue weighted by atomic mass is 9.96. The molecule has 2 nitrogen and oxygen atoms in total. The zero-order chi connectivity index (χ0) is 37.9. The van der Waals surface area contributed by atoms with Crippen molar-refractivity contribution in [3.05, 3.63) is 206 Å². The zero-order valence-corrected chi connectivity index (χ0v) is 31.5. The molecule has 0 aliphatic heterocycles. The summed E-state index contributed by atoms with van der Waals surface area (Å²) in [6, 6.07) is 76.2. The maximum absolute atomic E-state index is 2.45. The summed E-state index contributed by atoms with van der Waals surface area (Å²) < 4.78 is 4.83. The SMILES string of the molecule is c1ccc(-n2c3ccccc3c3cc(-c4ccc5c(c4)c4c6ccccc6ccc4n5-c4ccc(-c5cc6c7c(cccc7c5)-c5ccccc5-6)cc4)ccc32)cc1. The highest BCUT2D eigenvalue weighted by molar-refractivity contribution is 6.22. The smallest absolute Gasteiger partial charge is 0.0547 e. The van der Waals surface area contributed by atoms with E-state index in [1.165, 1.54) is 115 Å². The average Bonchev–Trinajstić information content (AvgIpc) is 3.93. The lowest BCUT2D eigenvalue weighted by Crippen LogP contribution is -1.94. The summed E-state index contributed by atoms with van der Waals surface area (Å²) in [7, 11) is 0. The van der Waals surface area contributed by atoms with Gasteiger partial charge in [0.1, 0.15) is 0 Å². The first kappa shape index (κ1) is 31.5. The quantitative estimate of drug-likeness (QED) is 0.170. The molecule has 58 heavy (non-hydrogen) atoms. The Labute approximate surface area is 335 Å². The van der Waals surface area contributed by atoms with Crippen molar-refractivity contribution in [2.75, 3.05) is 0 Å². The van der Waals surface area contributed by atoms with Crippen molar-refractivity contribution >= 4 is 65.2 Å². The van der Waals surface area contributed by atoms with Gasteiger partial charge in [0.2, 0.25) is 0 Å². The van der Waals surface area contributed by atoms with Crippen LogP contribution >= 0.6 is 0 Å². The summed E-state index contributed by atoms with van der Waals surface area (Å²) in [5.74, 6) is 0. The Hall–Kier alpha value is -7.68. The molecule has 2 aromatic heterocycles. The van der Waals surface area contributed by atoms with Gasteiger partial charge in [0.15, 0.2) is 0 Å². The molecule has 1 aliphatic carbocycles. The van der Waals surface area contributed by atoms with Crippen LogP contribution in [0.5, 0.6) is 0 Å². The van der Waals surface area contributed by atoms with Crippen molar-refractivity contribution < 1.29 is 0 Å². The molecule has 0 spiro atoms. The Morgan fingerprint density at radius 2 is 0.810 bits per heavy atom. The van der Waals surface area contributed by atoms with Crippen molar-refractivity contribution in [1.82, 2.24) is 9.13 Å². The molecule has 0 unspecified atom stereocenters. The van der Waals surface area contributed by atoms with Crippen LogP contribution in [-0.2, 0) is 0 Å². The van der Waals surface area contributed by atoms with E-state index in [0.29, 0.717) is 0 Å². The molecule has 1 aliphatic rings. The topological polar surface area (TPSA) is 9.86 Å². The highest BCUT2D eigenvalue weighted by Crippen LogP contribution is 2.49. The Balaban J connectivity index is 0.971. The van der Waals surface area contributed by atoms with Gasteiger partial charge >= 0.3 is 0 Å². The number of hydrogen-bond donors (Lipinski definition) is 0. The molecule has 0 amide bonds. The third-order valence-electron chi connectivity index (χ3n) is 12.6. The Kier molecular flexibility index (Phi) is 6.47. The minimum atomic E-state index is 1.15. The third-order valence-corrected chi connectivity index (χ3v) is 12.6. The van der Waals surface area contributed by atoms with Crippen molar-refractivity contribution in [2.24, 2.45) is 0 Å². The number of para-hydroxylation sites is 2. The Morgan fingerprint density at radius 1 is 0.241 bits per heavy atom. The normalized spacial score (nSPS) is 12.1. The largest absolute Gasteiger partial charge is 0.309 e. The molecule has 0 saturated carbocycles. The first-order valence-corrected chi connectivity index (χ1v) is 20.1. The minimum Gasteiger partial charge on any atom is -0.309 e. The second-order valence-corrected chi connectivity index (χ2v) is 15.7. The molecule has 0 N–H and O–H groups in total. The van der Waals surface area contributed by atoms with Crippen molar-refractivity contribution in [3.63, 3.8) is 0 Å². The Morgan fingerprint density at radius 3 is 1.64 bits per heavy atom. The van der Waals surface area contributed by atoms with Gasteiger partial charge in [0.05, 0.1) is 22.1 Å². The van der Waals surface area contributed by atoms with Crippen LogP contribution in [0.1, 0.15) is 0 Å². The maximum Gasteiger partial charge on any atom is 0.0547 e. The number of hydrogen-bond acceptors (Lipinski definition) is 0. The first-order valence-electron chi connectivity index (χ1n) is 20.1. The lowest BCUT2D eigenvalue weighted by Gasteiger charge is -2.12. The predicted molar refractivity (Wildman–Crippen MR) is 245 cm³/mol. The molecule has 268 valence electrons. The first-order chi connectivity index (χ1) is 28.8. The van der Waals surface area contributed by atoms with Crippen LogP contribution in [0.15, 0.2) is 206 Å². The van der Waals surface area contributed by atoms with E-state index in [-0.39, 0.29) is 0 Å². The average molecular weight is 735 g/mol. The van der Waals surface area contributed by atoms with E-state index in [1.54, 1.807) is 0 Å². The van der Waals surface area contributed by atoms with Crippen LogP contribution in [-0.4, -0.2) is 9.13 Å². The van der Waals surface area contributed by atoms with Gasteiger partial charge in [0, 0.05) is 32.9 Å². The van der Waals surface area contributed by atoms with E-state index in [4.69, 9.17) is 0 Å². The third kappa shape index (κ3) is 4.43. The monoisotopic (exact) mass is 734 g/mol. The molecular formula is C56H34N2. The van der Waals surface area contributed by atoms with Crippen molar-refractivity contribution in [3.8, 4) is 55.9 Å². The fourth-order valence-electron chi connectivity index (χ4n) is 10.0. The second kappa shape index (κ2) is 11.9. The van der Waals surface area contributed by atoms with E-state index >= 15 is 0 Å². The molecule has 0 fully saturated rings. The molecule has 0 atom stereocenters. The summed E-state index contributed by atoms with van der Waals surface area (Å²) in [6.07, 6.45) is 0. The molecule has 0 saturated heterocycles. The van der Waals surface area contributed by atoms with Gasteiger partial charge in [-0.05, 0) is 139 Å². The van der Waals surface area contributed by atoms with Crippen LogP contribution < -0.4 is 0 Å². The minimum absolute atomic E-state index is 1.15. The molecule has 10 aromatic carbocycles. The van der Waals surface area contributed by atoms with E-state index in [9.17, 15) is 0 Å².